The lowest BCUT2D eigenvalue weighted by Gasteiger charge is -2.17. The second-order valence-corrected chi connectivity index (χ2v) is 7.20. The molecule has 2 N–H and O–H groups in total. The lowest BCUT2D eigenvalue weighted by Crippen LogP contribution is -2.23. The van der Waals surface area contributed by atoms with Crippen LogP contribution in [0.3, 0.4) is 0 Å². The molecule has 0 bridgehead atoms. The summed E-state index contributed by atoms with van der Waals surface area (Å²) in [5.41, 5.74) is 2.76. The zero-order chi connectivity index (χ0) is 17.7. The molecule has 2 aromatic rings. The minimum Gasteiger partial charge on any atom is -0.390 e. The monoisotopic (exact) mass is 347 g/mol. The van der Waals surface area contributed by atoms with E-state index in [-0.39, 0.29) is 17.8 Å². The molecule has 0 spiro atoms. The number of anilines is 1. The van der Waals surface area contributed by atoms with Gasteiger partial charge in [0.05, 0.1) is 23.7 Å². The Hall–Kier alpha value is -1.79. The molecule has 1 heterocycles. The molecule has 2 unspecified atom stereocenters. The SMILES string of the molecule is CCC(C)c1ccccc1NC(=O)C(C)Sc1ncc(CO)n1C. The molecular formula is C18H25N3O2S. The number of hydrogen-bond acceptors (Lipinski definition) is 4. The summed E-state index contributed by atoms with van der Waals surface area (Å²) >= 11 is 1.38. The predicted octanol–water partition coefficient (Wildman–Crippen LogP) is 3.55. The first-order chi connectivity index (χ1) is 11.5. The fraction of sp³-hybridized carbons (Fsp3) is 0.444. The number of nitrogens with one attached hydrogen (secondary N) is 1. The number of aliphatic hydroxyl groups excluding tert-OH is 1. The number of para-hydroxylation sites is 1. The number of aromatic nitrogens is 2. The van der Waals surface area contributed by atoms with Crippen molar-refractivity contribution in [1.29, 1.82) is 0 Å². The van der Waals surface area contributed by atoms with Crippen molar-refractivity contribution in [2.24, 2.45) is 7.05 Å². The van der Waals surface area contributed by atoms with Gasteiger partial charge >= 0.3 is 0 Å². The smallest absolute Gasteiger partial charge is 0.237 e. The fourth-order valence-electron chi connectivity index (χ4n) is 2.39. The van der Waals surface area contributed by atoms with Crippen LogP contribution in [0.15, 0.2) is 35.6 Å². The zero-order valence-corrected chi connectivity index (χ0v) is 15.4. The number of nitrogens with zero attached hydrogens (tertiary/aromatic N) is 2. The van der Waals surface area contributed by atoms with Crippen LogP contribution in [0.25, 0.3) is 0 Å². The maximum absolute atomic E-state index is 12.5. The highest BCUT2D eigenvalue weighted by Crippen LogP contribution is 2.28. The Balaban J connectivity index is 2.08. The summed E-state index contributed by atoms with van der Waals surface area (Å²) in [4.78, 5) is 16.8. The first-order valence-electron chi connectivity index (χ1n) is 8.15. The summed E-state index contributed by atoms with van der Waals surface area (Å²) in [6.45, 7) is 6.10. The maximum atomic E-state index is 12.5. The van der Waals surface area contributed by atoms with Gasteiger partial charge in [0.15, 0.2) is 5.16 Å². The van der Waals surface area contributed by atoms with E-state index < -0.39 is 0 Å². The van der Waals surface area contributed by atoms with Crippen LogP contribution in [0.1, 0.15) is 44.4 Å². The molecule has 6 heteroatoms. The van der Waals surface area contributed by atoms with Gasteiger partial charge in [-0.25, -0.2) is 4.98 Å². The lowest BCUT2D eigenvalue weighted by atomic mass is 9.97. The summed E-state index contributed by atoms with van der Waals surface area (Å²) < 4.78 is 1.81. The predicted molar refractivity (Wildman–Crippen MR) is 98.2 cm³/mol. The van der Waals surface area contributed by atoms with Crippen LogP contribution in [-0.4, -0.2) is 25.8 Å². The van der Waals surface area contributed by atoms with Crippen LogP contribution in [0.2, 0.25) is 0 Å². The Bertz CT molecular complexity index is 699. The van der Waals surface area contributed by atoms with Gasteiger partial charge in [0, 0.05) is 12.7 Å². The van der Waals surface area contributed by atoms with Crippen molar-refractivity contribution >= 4 is 23.4 Å². The van der Waals surface area contributed by atoms with Crippen molar-refractivity contribution in [3.8, 4) is 0 Å². The van der Waals surface area contributed by atoms with E-state index in [0.29, 0.717) is 5.92 Å². The number of amides is 1. The Morgan fingerprint density at radius 1 is 1.38 bits per heavy atom. The molecule has 1 amide bonds. The highest BCUT2D eigenvalue weighted by Gasteiger charge is 2.19. The van der Waals surface area contributed by atoms with Crippen LogP contribution >= 0.6 is 11.8 Å². The molecule has 0 aliphatic heterocycles. The second-order valence-electron chi connectivity index (χ2n) is 5.90. The molecule has 5 nitrogen and oxygen atoms in total. The number of carbonyl (C=O) groups is 1. The van der Waals surface area contributed by atoms with Crippen molar-refractivity contribution in [3.63, 3.8) is 0 Å². The third-order valence-corrected chi connectivity index (χ3v) is 5.37. The highest BCUT2D eigenvalue weighted by molar-refractivity contribution is 8.00. The number of carbonyl (C=O) groups excluding carboxylic acids is 1. The quantitative estimate of drug-likeness (QED) is 0.752. The van der Waals surface area contributed by atoms with E-state index in [1.54, 1.807) is 6.20 Å². The molecule has 0 saturated heterocycles. The van der Waals surface area contributed by atoms with Crippen LogP contribution in [0.5, 0.6) is 0 Å². The summed E-state index contributed by atoms with van der Waals surface area (Å²) in [6, 6.07) is 7.94. The standard InChI is InChI=1S/C18H25N3O2S/c1-5-12(2)15-8-6-7-9-16(15)20-17(23)13(3)24-18-19-10-14(11-22)21(18)4/h6-10,12-13,22H,5,11H2,1-4H3,(H,20,23). The van der Waals surface area contributed by atoms with E-state index in [1.807, 2.05) is 36.7 Å². The van der Waals surface area contributed by atoms with E-state index in [4.69, 9.17) is 0 Å². The van der Waals surface area contributed by atoms with Crippen molar-refractivity contribution in [2.45, 2.75) is 50.1 Å². The number of benzene rings is 1. The molecule has 2 atom stereocenters. The summed E-state index contributed by atoms with van der Waals surface area (Å²) in [5, 5.41) is 12.7. The number of hydrogen-bond donors (Lipinski definition) is 2. The molecule has 0 aliphatic rings. The largest absolute Gasteiger partial charge is 0.390 e. The van der Waals surface area contributed by atoms with Crippen molar-refractivity contribution in [1.82, 2.24) is 9.55 Å². The van der Waals surface area contributed by atoms with Gasteiger partial charge in [-0.1, -0.05) is 43.8 Å². The van der Waals surface area contributed by atoms with Gasteiger partial charge in [-0.15, -0.1) is 0 Å². The molecule has 0 fully saturated rings. The van der Waals surface area contributed by atoms with Gasteiger partial charge in [0.1, 0.15) is 0 Å². The Kier molecular flexibility index (Phi) is 6.45. The minimum absolute atomic E-state index is 0.0516. The fourth-order valence-corrected chi connectivity index (χ4v) is 3.26. The Morgan fingerprint density at radius 3 is 2.71 bits per heavy atom. The van der Waals surface area contributed by atoms with Crippen molar-refractivity contribution in [3.05, 3.63) is 41.7 Å². The molecule has 1 aromatic heterocycles. The Morgan fingerprint density at radius 2 is 2.08 bits per heavy atom. The average Bonchev–Trinajstić information content (AvgIpc) is 2.94. The van der Waals surface area contributed by atoms with E-state index in [9.17, 15) is 9.90 Å². The van der Waals surface area contributed by atoms with Crippen molar-refractivity contribution < 1.29 is 9.90 Å². The highest BCUT2D eigenvalue weighted by atomic mass is 32.2. The van der Waals surface area contributed by atoms with Gasteiger partial charge in [0.25, 0.3) is 0 Å². The maximum Gasteiger partial charge on any atom is 0.237 e. The summed E-state index contributed by atoms with van der Waals surface area (Å²) in [6.07, 6.45) is 2.65. The van der Waals surface area contributed by atoms with E-state index in [0.717, 1.165) is 28.5 Å². The number of aliphatic hydroxyl groups is 1. The van der Waals surface area contributed by atoms with Gasteiger partial charge in [-0.2, -0.15) is 0 Å². The van der Waals surface area contributed by atoms with Gasteiger partial charge < -0.3 is 15.0 Å². The third kappa shape index (κ3) is 4.19. The van der Waals surface area contributed by atoms with Crippen LogP contribution in [0, 0.1) is 0 Å². The first-order valence-corrected chi connectivity index (χ1v) is 9.03. The summed E-state index contributed by atoms with van der Waals surface area (Å²) in [5.74, 6) is 0.343. The average molecular weight is 347 g/mol. The van der Waals surface area contributed by atoms with E-state index in [2.05, 4.69) is 30.2 Å². The second kappa shape index (κ2) is 8.35. The first kappa shape index (κ1) is 18.5. The Labute approximate surface area is 147 Å². The summed E-state index contributed by atoms with van der Waals surface area (Å²) in [7, 11) is 1.84. The van der Waals surface area contributed by atoms with Crippen LogP contribution < -0.4 is 5.32 Å². The van der Waals surface area contributed by atoms with Crippen molar-refractivity contribution in [2.75, 3.05) is 5.32 Å². The normalized spacial score (nSPS) is 13.5. The minimum atomic E-state index is -0.289. The molecule has 0 saturated carbocycles. The number of imidazole rings is 1. The molecule has 1 aromatic carbocycles. The molecule has 0 radical (unpaired) electrons. The number of thioether (sulfide) groups is 1. The molecule has 130 valence electrons. The van der Waals surface area contributed by atoms with Gasteiger partial charge in [0.2, 0.25) is 5.91 Å². The van der Waals surface area contributed by atoms with Crippen LogP contribution in [0.4, 0.5) is 5.69 Å². The third-order valence-electron chi connectivity index (χ3n) is 4.22. The number of rotatable bonds is 7. The molecule has 24 heavy (non-hydrogen) atoms. The molecule has 2 rings (SSSR count). The van der Waals surface area contributed by atoms with Crippen LogP contribution in [-0.2, 0) is 18.4 Å². The van der Waals surface area contributed by atoms with E-state index in [1.165, 1.54) is 11.8 Å². The zero-order valence-electron chi connectivity index (χ0n) is 14.6. The molecule has 0 aliphatic carbocycles. The molecular weight excluding hydrogens is 322 g/mol. The van der Waals surface area contributed by atoms with Gasteiger partial charge in [-0.3, -0.25) is 4.79 Å². The topological polar surface area (TPSA) is 67.2 Å². The van der Waals surface area contributed by atoms with E-state index >= 15 is 0 Å². The van der Waals surface area contributed by atoms with Gasteiger partial charge in [-0.05, 0) is 30.9 Å². The lowest BCUT2D eigenvalue weighted by molar-refractivity contribution is -0.115.